The molecule has 0 spiro atoms. The van der Waals surface area contributed by atoms with Gasteiger partial charge in [0.2, 0.25) is 9.84 Å². The maximum atomic E-state index is 13.3. The average molecular weight is 461 g/mol. The predicted molar refractivity (Wildman–Crippen MR) is 116 cm³/mol. The van der Waals surface area contributed by atoms with Crippen LogP contribution in [0.2, 0.25) is 0 Å². The lowest BCUT2D eigenvalue weighted by atomic mass is 10.2. The molecule has 3 aromatic carbocycles. The van der Waals surface area contributed by atoms with E-state index in [9.17, 15) is 8.42 Å². The van der Waals surface area contributed by atoms with E-state index >= 15 is 0 Å². The second-order valence-corrected chi connectivity index (χ2v) is 9.11. The molecule has 3 aromatic rings. The maximum absolute atomic E-state index is 13.3. The van der Waals surface area contributed by atoms with Crippen LogP contribution in [-0.2, 0) is 9.84 Å². The molecule has 0 saturated carbocycles. The molecule has 0 aliphatic heterocycles. The average Bonchev–Trinajstić information content (AvgIpc) is 2.67. The van der Waals surface area contributed by atoms with E-state index in [1.54, 1.807) is 48.5 Å². The Labute approximate surface area is 172 Å². The van der Waals surface area contributed by atoms with Crippen molar-refractivity contribution in [3.05, 3.63) is 95.0 Å². The van der Waals surface area contributed by atoms with Crippen LogP contribution in [0.15, 0.2) is 94.3 Å². The summed E-state index contributed by atoms with van der Waals surface area (Å²) in [4.78, 5) is 0.227. The smallest absolute Gasteiger partial charge is 0.203 e. The van der Waals surface area contributed by atoms with Gasteiger partial charge in [0.25, 0.3) is 0 Å². The van der Waals surface area contributed by atoms with Gasteiger partial charge in [0.05, 0.1) is 4.90 Å². The fourth-order valence-corrected chi connectivity index (χ4v) is 4.88. The molecule has 0 fully saturated rings. The van der Waals surface area contributed by atoms with E-state index in [1.165, 1.54) is 0 Å². The van der Waals surface area contributed by atoms with Gasteiger partial charge in [-0.3, -0.25) is 0 Å². The van der Waals surface area contributed by atoms with Crippen LogP contribution in [0.1, 0.15) is 10.9 Å². The highest BCUT2D eigenvalue weighted by Gasteiger charge is 2.30. The molecular weight excluding hydrogens is 444 g/mol. The van der Waals surface area contributed by atoms with Gasteiger partial charge in [-0.2, -0.15) is 0 Å². The number of benzene rings is 3. The number of anilines is 1. The number of rotatable bonds is 5. The van der Waals surface area contributed by atoms with Gasteiger partial charge < -0.3 is 10.6 Å². The van der Waals surface area contributed by atoms with Crippen molar-refractivity contribution in [3.63, 3.8) is 0 Å². The van der Waals surface area contributed by atoms with E-state index in [0.29, 0.717) is 5.56 Å². The summed E-state index contributed by atoms with van der Waals surface area (Å²) in [5, 5.41) is 5.18. The predicted octanol–water partition coefficient (Wildman–Crippen LogP) is 4.91. The molecule has 27 heavy (non-hydrogen) atoms. The van der Waals surface area contributed by atoms with Gasteiger partial charge in [-0.15, -0.1) is 0 Å². The van der Waals surface area contributed by atoms with Crippen molar-refractivity contribution in [3.8, 4) is 0 Å². The van der Waals surface area contributed by atoms with E-state index in [-0.39, 0.29) is 10.0 Å². The summed E-state index contributed by atoms with van der Waals surface area (Å²) < 4.78 is 27.3. The van der Waals surface area contributed by atoms with Crippen molar-refractivity contribution >= 4 is 48.8 Å². The van der Waals surface area contributed by atoms with Crippen LogP contribution < -0.4 is 10.6 Å². The minimum atomic E-state index is -3.72. The monoisotopic (exact) mass is 460 g/mol. The molecule has 0 aliphatic rings. The molecule has 1 unspecified atom stereocenters. The molecule has 0 radical (unpaired) electrons. The van der Waals surface area contributed by atoms with Crippen molar-refractivity contribution in [2.75, 3.05) is 5.32 Å². The second kappa shape index (κ2) is 8.65. The van der Waals surface area contributed by atoms with Crippen LogP contribution in [0.4, 0.5) is 5.69 Å². The van der Waals surface area contributed by atoms with Crippen LogP contribution in [0, 0.1) is 0 Å². The second-order valence-electron chi connectivity index (χ2n) is 5.76. The number of sulfone groups is 1. The van der Waals surface area contributed by atoms with Crippen LogP contribution >= 0.6 is 28.1 Å². The first-order valence-corrected chi connectivity index (χ1v) is 10.9. The lowest BCUT2D eigenvalue weighted by molar-refractivity contribution is 0.577. The molecule has 138 valence electrons. The fourth-order valence-electron chi connectivity index (χ4n) is 2.56. The summed E-state index contributed by atoms with van der Waals surface area (Å²) in [6.07, 6.45) is 0. The third kappa shape index (κ3) is 4.94. The molecule has 7 heteroatoms. The molecule has 0 heterocycles. The van der Waals surface area contributed by atoms with E-state index < -0.39 is 15.2 Å². The Morgan fingerprint density at radius 1 is 0.889 bits per heavy atom. The lowest BCUT2D eigenvalue weighted by Gasteiger charge is -2.22. The Bertz CT molecular complexity index is 1030. The normalized spacial score (nSPS) is 12.2. The van der Waals surface area contributed by atoms with E-state index in [2.05, 4.69) is 26.6 Å². The zero-order valence-electron chi connectivity index (χ0n) is 14.2. The molecule has 0 aromatic heterocycles. The topological polar surface area (TPSA) is 58.2 Å². The zero-order chi connectivity index (χ0) is 19.3. The first kappa shape index (κ1) is 19.5. The standard InChI is InChI=1S/C20H17BrN2O2S2/c21-16-9-7-8-15(14-16)19(27(24,25)18-12-5-2-6-13-18)23-20(26)22-17-10-3-1-4-11-17/h1-14,19H,(H2,22,23,26). The zero-order valence-corrected chi connectivity index (χ0v) is 17.4. The number of thiocarbonyl (C=S) groups is 1. The number of halogens is 1. The summed E-state index contributed by atoms with van der Waals surface area (Å²) in [6, 6.07) is 24.8. The Morgan fingerprint density at radius 3 is 2.15 bits per heavy atom. The van der Waals surface area contributed by atoms with Crippen LogP contribution in [0.25, 0.3) is 0 Å². The Balaban J connectivity index is 1.94. The van der Waals surface area contributed by atoms with Crippen molar-refractivity contribution in [1.29, 1.82) is 0 Å². The van der Waals surface area contributed by atoms with Gasteiger partial charge in [-0.25, -0.2) is 8.42 Å². The molecule has 3 rings (SSSR count). The lowest BCUT2D eigenvalue weighted by Crippen LogP contribution is -2.36. The highest BCUT2D eigenvalue weighted by Crippen LogP contribution is 2.28. The molecule has 0 saturated heterocycles. The Hall–Kier alpha value is -2.22. The summed E-state index contributed by atoms with van der Waals surface area (Å²) >= 11 is 8.77. The van der Waals surface area contributed by atoms with Crippen LogP contribution in [-0.4, -0.2) is 13.5 Å². The number of hydrogen-bond donors (Lipinski definition) is 2. The van der Waals surface area contributed by atoms with Crippen molar-refractivity contribution in [1.82, 2.24) is 5.32 Å². The summed E-state index contributed by atoms with van der Waals surface area (Å²) in [5.41, 5.74) is 1.37. The Morgan fingerprint density at radius 2 is 1.52 bits per heavy atom. The minimum Gasteiger partial charge on any atom is -0.342 e. The SMILES string of the molecule is O=S(=O)(c1ccccc1)C(NC(=S)Nc1ccccc1)c1cccc(Br)c1. The van der Waals surface area contributed by atoms with E-state index in [1.807, 2.05) is 36.4 Å². The van der Waals surface area contributed by atoms with Crippen LogP contribution in [0.5, 0.6) is 0 Å². The molecule has 0 amide bonds. The first-order chi connectivity index (χ1) is 13.0. The first-order valence-electron chi connectivity index (χ1n) is 8.14. The third-order valence-corrected chi connectivity index (χ3v) is 6.48. The highest BCUT2D eigenvalue weighted by atomic mass is 79.9. The maximum Gasteiger partial charge on any atom is 0.203 e. The molecule has 0 bridgehead atoms. The third-order valence-electron chi connectivity index (χ3n) is 3.83. The fraction of sp³-hybridized carbons (Fsp3) is 0.0500. The van der Waals surface area contributed by atoms with Gasteiger partial charge >= 0.3 is 0 Å². The summed E-state index contributed by atoms with van der Waals surface area (Å²) in [6.45, 7) is 0. The van der Waals surface area contributed by atoms with Gasteiger partial charge in [-0.05, 0) is 54.2 Å². The molecule has 2 N–H and O–H groups in total. The minimum absolute atomic E-state index is 0.227. The largest absolute Gasteiger partial charge is 0.342 e. The quantitative estimate of drug-likeness (QED) is 0.529. The van der Waals surface area contributed by atoms with Crippen molar-refractivity contribution < 1.29 is 8.42 Å². The molecule has 1 atom stereocenters. The van der Waals surface area contributed by atoms with Crippen molar-refractivity contribution in [2.45, 2.75) is 10.3 Å². The molecule has 0 aliphatic carbocycles. The number of para-hydroxylation sites is 1. The van der Waals surface area contributed by atoms with E-state index in [0.717, 1.165) is 10.2 Å². The number of nitrogens with one attached hydrogen (secondary N) is 2. The molecular formula is C20H17BrN2O2S2. The van der Waals surface area contributed by atoms with Gasteiger partial charge in [0.15, 0.2) is 10.5 Å². The highest BCUT2D eigenvalue weighted by molar-refractivity contribution is 9.10. The van der Waals surface area contributed by atoms with Gasteiger partial charge in [0, 0.05) is 10.2 Å². The van der Waals surface area contributed by atoms with Crippen molar-refractivity contribution in [2.24, 2.45) is 0 Å². The van der Waals surface area contributed by atoms with Crippen LogP contribution in [0.3, 0.4) is 0 Å². The Kier molecular flexibility index (Phi) is 6.26. The summed E-state index contributed by atoms with van der Waals surface area (Å²) in [7, 11) is -3.72. The van der Waals surface area contributed by atoms with E-state index in [4.69, 9.17) is 12.2 Å². The van der Waals surface area contributed by atoms with Gasteiger partial charge in [0.1, 0.15) is 0 Å². The molecule has 4 nitrogen and oxygen atoms in total. The summed E-state index contributed by atoms with van der Waals surface area (Å²) in [5.74, 6) is 0. The number of hydrogen-bond acceptors (Lipinski definition) is 3. The van der Waals surface area contributed by atoms with Gasteiger partial charge in [-0.1, -0.05) is 64.5 Å².